The van der Waals surface area contributed by atoms with Crippen molar-refractivity contribution in [2.75, 3.05) is 11.1 Å². The van der Waals surface area contributed by atoms with Gasteiger partial charge in [0.05, 0.1) is 4.92 Å². The van der Waals surface area contributed by atoms with Gasteiger partial charge in [-0.25, -0.2) is 0 Å². The fraction of sp³-hybridized carbons (Fsp3) is 0. The van der Waals surface area contributed by atoms with Crippen LogP contribution in [0.2, 0.25) is 0 Å². The van der Waals surface area contributed by atoms with Gasteiger partial charge in [-0.1, -0.05) is 0 Å². The van der Waals surface area contributed by atoms with Crippen molar-refractivity contribution >= 4 is 29.1 Å². The van der Waals surface area contributed by atoms with Crippen LogP contribution in [0.4, 0.5) is 23.1 Å². The molecule has 1 aromatic heterocycles. The number of guanidine groups is 1. The van der Waals surface area contributed by atoms with Crippen LogP contribution < -0.4 is 22.3 Å². The summed E-state index contributed by atoms with van der Waals surface area (Å²) in [7, 11) is 0. The molecule has 0 saturated heterocycles. The molecule has 1 aromatic carbocycles. The molecule has 0 atom stereocenters. The van der Waals surface area contributed by atoms with Gasteiger partial charge in [0, 0.05) is 23.9 Å². The Morgan fingerprint density at radius 3 is 2.62 bits per heavy atom. The van der Waals surface area contributed by atoms with Gasteiger partial charge in [0.1, 0.15) is 5.82 Å². The molecule has 0 spiro atoms. The predicted molar refractivity (Wildman–Crippen MR) is 77.3 cm³/mol. The summed E-state index contributed by atoms with van der Waals surface area (Å²) in [6.45, 7) is 0. The van der Waals surface area contributed by atoms with E-state index in [9.17, 15) is 14.9 Å². The summed E-state index contributed by atoms with van der Waals surface area (Å²) in [6.07, 6.45) is 0. The minimum absolute atomic E-state index is 0.0145. The Bertz CT molecular complexity index is 751. The highest BCUT2D eigenvalue weighted by atomic mass is 16.6. The number of non-ortho nitro benzene ring substituents is 1. The maximum absolute atomic E-state index is 11.2. The lowest BCUT2D eigenvalue weighted by Gasteiger charge is -2.04. The van der Waals surface area contributed by atoms with Crippen molar-refractivity contribution in [3.8, 4) is 0 Å². The van der Waals surface area contributed by atoms with E-state index in [2.05, 4.69) is 20.3 Å². The van der Waals surface area contributed by atoms with E-state index in [-0.39, 0.29) is 23.4 Å². The van der Waals surface area contributed by atoms with Gasteiger partial charge < -0.3 is 16.8 Å². The summed E-state index contributed by atoms with van der Waals surface area (Å²) in [6, 6.07) is 6.68. The molecule has 6 N–H and O–H groups in total. The number of nitrogens with zero attached hydrogens (tertiary/aromatic N) is 3. The topological polar surface area (TPSA) is 165 Å². The summed E-state index contributed by atoms with van der Waals surface area (Å²) in [5, 5.41) is 13.2. The molecule has 1 heterocycles. The zero-order chi connectivity index (χ0) is 15.4. The van der Waals surface area contributed by atoms with Gasteiger partial charge in [-0.2, -0.15) is 9.98 Å². The summed E-state index contributed by atoms with van der Waals surface area (Å²) in [5.74, 6) is -0.0925. The van der Waals surface area contributed by atoms with Gasteiger partial charge in [0.15, 0.2) is 0 Å². The number of nitrogens with two attached hydrogens (primary N) is 2. The summed E-state index contributed by atoms with van der Waals surface area (Å²) in [4.78, 5) is 31.2. The molecule has 0 amide bonds. The van der Waals surface area contributed by atoms with E-state index >= 15 is 0 Å². The smallest absolute Gasteiger partial charge is 0.269 e. The molecular formula is C11H11N7O3. The molecule has 2 aromatic rings. The number of aromatic amines is 1. The minimum atomic E-state index is -0.511. The Morgan fingerprint density at radius 1 is 1.38 bits per heavy atom. The van der Waals surface area contributed by atoms with E-state index in [0.29, 0.717) is 5.69 Å². The van der Waals surface area contributed by atoms with Crippen LogP contribution in [0, 0.1) is 10.1 Å². The molecule has 2 rings (SSSR count). The van der Waals surface area contributed by atoms with Crippen molar-refractivity contribution in [1.82, 2.24) is 9.97 Å². The van der Waals surface area contributed by atoms with Crippen molar-refractivity contribution in [1.29, 1.82) is 0 Å². The molecule has 0 unspecified atom stereocenters. The number of nitrogens with one attached hydrogen (secondary N) is 2. The van der Waals surface area contributed by atoms with Crippen LogP contribution in [0.5, 0.6) is 0 Å². The van der Waals surface area contributed by atoms with Gasteiger partial charge in [0.25, 0.3) is 11.2 Å². The van der Waals surface area contributed by atoms with Crippen molar-refractivity contribution in [3.05, 3.63) is 50.8 Å². The third-order valence-corrected chi connectivity index (χ3v) is 2.33. The first-order valence-electron chi connectivity index (χ1n) is 5.66. The monoisotopic (exact) mass is 289 g/mol. The molecule has 0 aliphatic heterocycles. The standard InChI is InChI=1S/C11H11N7O3/c12-8-5-9(19)16-11(15-8)17-10(13)14-6-1-3-7(4-2-6)18(20)21/h1-5H,(H6,12,13,14,15,16,17,19). The van der Waals surface area contributed by atoms with Crippen molar-refractivity contribution < 1.29 is 4.92 Å². The zero-order valence-corrected chi connectivity index (χ0v) is 10.6. The number of hydrogen-bond acceptors (Lipinski definition) is 6. The minimum Gasteiger partial charge on any atom is -0.383 e. The van der Waals surface area contributed by atoms with Crippen LogP contribution in [0.1, 0.15) is 0 Å². The van der Waals surface area contributed by atoms with E-state index in [1.165, 1.54) is 24.3 Å². The first-order chi connectivity index (χ1) is 9.94. The van der Waals surface area contributed by atoms with E-state index in [1.807, 2.05) is 0 Å². The molecule has 0 aliphatic carbocycles. The highest BCUT2D eigenvalue weighted by Gasteiger charge is 2.04. The van der Waals surface area contributed by atoms with Gasteiger partial charge in [-0.15, -0.1) is 0 Å². The number of benzene rings is 1. The number of nitrogen functional groups attached to an aromatic ring is 1. The van der Waals surface area contributed by atoms with Gasteiger partial charge in [0.2, 0.25) is 11.9 Å². The van der Waals surface area contributed by atoms with Gasteiger partial charge in [-0.3, -0.25) is 19.9 Å². The quantitative estimate of drug-likeness (QED) is 0.273. The second-order valence-corrected chi connectivity index (χ2v) is 3.92. The van der Waals surface area contributed by atoms with Crippen LogP contribution in [0.15, 0.2) is 40.1 Å². The van der Waals surface area contributed by atoms with Gasteiger partial charge in [-0.05, 0) is 12.1 Å². The average molecular weight is 289 g/mol. The first-order valence-corrected chi connectivity index (χ1v) is 5.66. The molecule has 0 saturated carbocycles. The Balaban J connectivity index is 2.16. The second kappa shape index (κ2) is 5.69. The molecule has 0 radical (unpaired) electrons. The lowest BCUT2D eigenvalue weighted by Crippen LogP contribution is -2.22. The Hall–Kier alpha value is -3.43. The van der Waals surface area contributed by atoms with E-state index in [4.69, 9.17) is 11.5 Å². The van der Waals surface area contributed by atoms with E-state index in [1.54, 1.807) is 0 Å². The number of nitro groups is 1. The average Bonchev–Trinajstić information content (AvgIpc) is 2.37. The third kappa shape index (κ3) is 3.76. The number of nitro benzene ring substituents is 1. The van der Waals surface area contributed by atoms with Crippen LogP contribution in [-0.4, -0.2) is 20.9 Å². The fourth-order valence-corrected chi connectivity index (χ4v) is 1.47. The van der Waals surface area contributed by atoms with E-state index < -0.39 is 10.5 Å². The lowest BCUT2D eigenvalue weighted by atomic mass is 10.3. The first kappa shape index (κ1) is 14.0. The highest BCUT2D eigenvalue weighted by molar-refractivity contribution is 5.93. The molecule has 10 heteroatoms. The van der Waals surface area contributed by atoms with Crippen LogP contribution in [-0.2, 0) is 0 Å². The number of aromatic nitrogens is 2. The maximum atomic E-state index is 11.2. The maximum Gasteiger partial charge on any atom is 0.269 e. The summed E-state index contributed by atoms with van der Waals surface area (Å²) in [5.41, 5.74) is 11.0. The van der Waals surface area contributed by atoms with Crippen LogP contribution in [0.3, 0.4) is 0 Å². The predicted octanol–water partition coefficient (Wildman–Crippen LogP) is 0.319. The Kier molecular flexibility index (Phi) is 3.79. The molecule has 0 aliphatic rings. The van der Waals surface area contributed by atoms with Gasteiger partial charge >= 0.3 is 0 Å². The SMILES string of the molecule is N/C(=N/c1nc(N)cc(=O)[nH]1)Nc1ccc([N+](=O)[O-])cc1. The molecular weight excluding hydrogens is 278 g/mol. The van der Waals surface area contributed by atoms with Crippen molar-refractivity contribution in [2.45, 2.75) is 0 Å². The molecule has 0 fully saturated rings. The number of aliphatic imine (C=N–C) groups is 1. The fourth-order valence-electron chi connectivity index (χ4n) is 1.47. The Labute approximate surface area is 117 Å². The number of H-pyrrole nitrogens is 1. The Morgan fingerprint density at radius 2 is 2.05 bits per heavy atom. The van der Waals surface area contributed by atoms with Crippen molar-refractivity contribution in [2.24, 2.45) is 10.7 Å². The number of rotatable bonds is 3. The molecule has 21 heavy (non-hydrogen) atoms. The second-order valence-electron chi connectivity index (χ2n) is 3.92. The highest BCUT2D eigenvalue weighted by Crippen LogP contribution is 2.15. The molecule has 10 nitrogen and oxygen atoms in total. The summed E-state index contributed by atoms with van der Waals surface area (Å²) < 4.78 is 0. The van der Waals surface area contributed by atoms with Crippen LogP contribution in [0.25, 0.3) is 0 Å². The third-order valence-electron chi connectivity index (χ3n) is 2.33. The zero-order valence-electron chi connectivity index (χ0n) is 10.6. The molecule has 108 valence electrons. The largest absolute Gasteiger partial charge is 0.383 e. The number of hydrogen-bond donors (Lipinski definition) is 4. The van der Waals surface area contributed by atoms with Crippen molar-refractivity contribution in [3.63, 3.8) is 0 Å². The molecule has 0 bridgehead atoms. The lowest BCUT2D eigenvalue weighted by molar-refractivity contribution is -0.384. The summed E-state index contributed by atoms with van der Waals surface area (Å²) >= 11 is 0. The normalized spacial score (nSPS) is 11.1. The van der Waals surface area contributed by atoms with Crippen LogP contribution >= 0.6 is 0 Å². The van der Waals surface area contributed by atoms with E-state index in [0.717, 1.165) is 6.07 Å². The number of anilines is 2.